The summed E-state index contributed by atoms with van der Waals surface area (Å²) in [5, 5.41) is 8.63. The second kappa shape index (κ2) is 11.3. The van der Waals surface area contributed by atoms with Crippen molar-refractivity contribution in [3.63, 3.8) is 0 Å². The molecule has 3 aromatic carbocycles. The van der Waals surface area contributed by atoms with Crippen LogP contribution in [0.25, 0.3) is 0 Å². The molecule has 0 fully saturated rings. The minimum absolute atomic E-state index is 0. The summed E-state index contributed by atoms with van der Waals surface area (Å²) < 4.78 is 0. The standard InChI is InChI=1S/C12H10S2.C6H6O.Cu/c1-3-7-11(8-4-1)13-14-12-9-5-2-6-10-12;7-6-4-2-1-3-5-6;/h1-10H;1-5,7H;. The molecule has 0 saturated heterocycles. The molecule has 0 atom stereocenters. The SMILES string of the molecule is Oc1ccccc1.[Cu].c1ccc(SSc2ccccc2)cc1. The van der Waals surface area contributed by atoms with Crippen molar-refractivity contribution in [1.82, 2.24) is 0 Å². The third-order valence-corrected chi connectivity index (χ3v) is 4.89. The second-order valence-electron chi connectivity index (χ2n) is 4.13. The molecule has 1 radical (unpaired) electrons. The van der Waals surface area contributed by atoms with Gasteiger partial charge in [0, 0.05) is 26.9 Å². The number of aromatic hydroxyl groups is 1. The second-order valence-corrected chi connectivity index (χ2v) is 6.40. The van der Waals surface area contributed by atoms with E-state index < -0.39 is 0 Å². The smallest absolute Gasteiger partial charge is 0.115 e. The van der Waals surface area contributed by atoms with Gasteiger partial charge in [0.1, 0.15) is 5.75 Å². The van der Waals surface area contributed by atoms with Gasteiger partial charge in [-0.1, -0.05) is 76.2 Å². The van der Waals surface area contributed by atoms with E-state index in [4.69, 9.17) is 5.11 Å². The average molecular weight is 376 g/mol. The first-order chi connectivity index (χ1) is 10.3. The zero-order chi connectivity index (χ0) is 14.8. The molecule has 1 N–H and O–H groups in total. The van der Waals surface area contributed by atoms with E-state index in [-0.39, 0.29) is 17.1 Å². The number of rotatable bonds is 3. The van der Waals surface area contributed by atoms with Gasteiger partial charge in [-0.25, -0.2) is 0 Å². The fourth-order valence-electron chi connectivity index (χ4n) is 1.48. The summed E-state index contributed by atoms with van der Waals surface area (Å²) >= 11 is 0. The van der Waals surface area contributed by atoms with Gasteiger partial charge in [0.25, 0.3) is 0 Å². The van der Waals surface area contributed by atoms with Gasteiger partial charge in [0.15, 0.2) is 0 Å². The molecule has 0 aromatic heterocycles. The minimum atomic E-state index is 0. The number of phenolic OH excluding ortho intramolecular Hbond substituents is 1. The molecule has 4 heteroatoms. The van der Waals surface area contributed by atoms with Crippen molar-refractivity contribution < 1.29 is 22.2 Å². The predicted octanol–water partition coefficient (Wildman–Crippen LogP) is 5.88. The van der Waals surface area contributed by atoms with Crippen molar-refractivity contribution in [2.24, 2.45) is 0 Å². The summed E-state index contributed by atoms with van der Waals surface area (Å²) in [5.41, 5.74) is 0. The molecule has 1 nitrogen and oxygen atoms in total. The van der Waals surface area contributed by atoms with E-state index in [0.29, 0.717) is 5.75 Å². The Morgan fingerprint density at radius 2 is 0.818 bits per heavy atom. The first-order valence-corrected chi connectivity index (χ1v) is 8.68. The van der Waals surface area contributed by atoms with Crippen molar-refractivity contribution in [2.45, 2.75) is 9.79 Å². The van der Waals surface area contributed by atoms with E-state index in [1.165, 1.54) is 9.79 Å². The topological polar surface area (TPSA) is 20.2 Å². The minimum Gasteiger partial charge on any atom is -0.508 e. The van der Waals surface area contributed by atoms with Crippen LogP contribution in [0.4, 0.5) is 0 Å². The van der Waals surface area contributed by atoms with Gasteiger partial charge in [-0.3, -0.25) is 0 Å². The van der Waals surface area contributed by atoms with Gasteiger partial charge < -0.3 is 5.11 Å². The first kappa shape index (κ1) is 18.7. The Bertz CT molecular complexity index is 579. The maximum atomic E-state index is 8.63. The van der Waals surface area contributed by atoms with Crippen LogP contribution in [-0.2, 0) is 17.1 Å². The monoisotopic (exact) mass is 375 g/mol. The van der Waals surface area contributed by atoms with Gasteiger partial charge in [-0.2, -0.15) is 0 Å². The van der Waals surface area contributed by atoms with Crippen molar-refractivity contribution in [1.29, 1.82) is 0 Å². The van der Waals surface area contributed by atoms with Crippen LogP contribution in [0, 0.1) is 0 Å². The molecule has 3 rings (SSSR count). The summed E-state index contributed by atoms with van der Waals surface area (Å²) in [6.45, 7) is 0. The number of benzene rings is 3. The normalized spacial score (nSPS) is 9.09. The van der Waals surface area contributed by atoms with E-state index in [2.05, 4.69) is 48.5 Å². The van der Waals surface area contributed by atoms with E-state index >= 15 is 0 Å². The quantitative estimate of drug-likeness (QED) is 0.456. The molecule has 0 bridgehead atoms. The zero-order valence-electron chi connectivity index (χ0n) is 11.7. The van der Waals surface area contributed by atoms with Crippen LogP contribution >= 0.6 is 21.6 Å². The maximum absolute atomic E-state index is 8.63. The molecule has 117 valence electrons. The molecule has 0 unspecified atom stereocenters. The van der Waals surface area contributed by atoms with Crippen molar-refractivity contribution in [3.05, 3.63) is 91.0 Å². The van der Waals surface area contributed by atoms with E-state index in [9.17, 15) is 0 Å². The summed E-state index contributed by atoms with van der Waals surface area (Å²) in [6.07, 6.45) is 0. The van der Waals surface area contributed by atoms with Crippen LogP contribution in [-0.4, -0.2) is 5.11 Å². The molecule has 3 aromatic rings. The summed E-state index contributed by atoms with van der Waals surface area (Å²) in [4.78, 5) is 2.59. The largest absolute Gasteiger partial charge is 0.508 e. The van der Waals surface area contributed by atoms with Crippen LogP contribution in [0.15, 0.2) is 101 Å². The Morgan fingerprint density at radius 1 is 0.500 bits per heavy atom. The molecule has 0 aliphatic rings. The van der Waals surface area contributed by atoms with Crippen molar-refractivity contribution in [3.8, 4) is 5.75 Å². The molecular formula is C18H16CuOS2. The number of phenols is 1. The van der Waals surface area contributed by atoms with Gasteiger partial charge >= 0.3 is 0 Å². The molecule has 0 aliphatic carbocycles. The fourth-order valence-corrected chi connectivity index (χ4v) is 3.45. The van der Waals surface area contributed by atoms with Crippen molar-refractivity contribution in [2.75, 3.05) is 0 Å². The molecule has 0 spiro atoms. The Morgan fingerprint density at radius 3 is 1.09 bits per heavy atom. The maximum Gasteiger partial charge on any atom is 0.115 e. The predicted molar refractivity (Wildman–Crippen MR) is 92.7 cm³/mol. The van der Waals surface area contributed by atoms with Gasteiger partial charge in [0.2, 0.25) is 0 Å². The summed E-state index contributed by atoms with van der Waals surface area (Å²) in [7, 11) is 3.58. The molecule has 0 aliphatic heterocycles. The van der Waals surface area contributed by atoms with E-state index in [1.807, 2.05) is 18.2 Å². The van der Waals surface area contributed by atoms with Gasteiger partial charge in [-0.15, -0.1) is 0 Å². The molecule has 0 saturated carbocycles. The Kier molecular flexibility index (Phi) is 9.60. The molecular weight excluding hydrogens is 360 g/mol. The number of para-hydroxylation sites is 1. The zero-order valence-corrected chi connectivity index (χ0v) is 14.3. The molecule has 22 heavy (non-hydrogen) atoms. The summed E-state index contributed by atoms with van der Waals surface area (Å²) in [6, 6.07) is 29.5. The van der Waals surface area contributed by atoms with Gasteiger partial charge in [0.05, 0.1) is 0 Å². The third kappa shape index (κ3) is 7.62. The van der Waals surface area contributed by atoms with Crippen molar-refractivity contribution >= 4 is 21.6 Å². The fraction of sp³-hybridized carbons (Fsp3) is 0. The van der Waals surface area contributed by atoms with E-state index in [0.717, 1.165) is 0 Å². The number of hydrogen-bond acceptors (Lipinski definition) is 3. The van der Waals surface area contributed by atoms with Crippen LogP contribution in [0.2, 0.25) is 0 Å². The molecule has 0 amide bonds. The van der Waals surface area contributed by atoms with Gasteiger partial charge in [-0.05, 0) is 36.4 Å². The average Bonchev–Trinajstić information content (AvgIpc) is 2.56. The number of hydrogen-bond donors (Lipinski definition) is 1. The third-order valence-electron chi connectivity index (χ3n) is 2.48. The van der Waals surface area contributed by atoms with Crippen LogP contribution in [0.3, 0.4) is 0 Å². The first-order valence-electron chi connectivity index (χ1n) is 6.53. The summed E-state index contributed by atoms with van der Waals surface area (Å²) in [5.74, 6) is 0.322. The van der Waals surface area contributed by atoms with Crippen LogP contribution in [0.1, 0.15) is 0 Å². The van der Waals surface area contributed by atoms with Crippen LogP contribution < -0.4 is 0 Å². The van der Waals surface area contributed by atoms with E-state index in [1.54, 1.807) is 45.9 Å². The molecule has 0 heterocycles. The Balaban J connectivity index is 0.000000258. The Hall–Kier alpha value is -1.32. The Labute approximate surface area is 150 Å². The van der Waals surface area contributed by atoms with Crippen LogP contribution in [0.5, 0.6) is 5.75 Å².